The Morgan fingerprint density at radius 3 is 2.10 bits per heavy atom. The van der Waals surface area contributed by atoms with Crippen LogP contribution in [0.3, 0.4) is 0 Å². The molecule has 1 heterocycles. The Labute approximate surface area is 58.4 Å². The van der Waals surface area contributed by atoms with Crippen molar-refractivity contribution in [2.75, 3.05) is 0 Å². The minimum atomic E-state index is -0.627. The molecule has 0 unspecified atom stereocenters. The number of rotatable bonds is 0. The van der Waals surface area contributed by atoms with Crippen molar-refractivity contribution in [2.24, 2.45) is 5.73 Å². The maximum absolute atomic E-state index is 5.34. The molecule has 0 saturated heterocycles. The summed E-state index contributed by atoms with van der Waals surface area (Å²) in [6, 6.07) is 7.39. The van der Waals surface area contributed by atoms with Crippen molar-refractivity contribution in [2.45, 2.75) is 6.41 Å². The van der Waals surface area contributed by atoms with E-state index >= 15 is 0 Å². The van der Waals surface area contributed by atoms with Crippen LogP contribution in [0.2, 0.25) is 0 Å². The number of benzene rings is 1. The highest BCUT2D eigenvalue weighted by Gasteiger charge is 2.18. The maximum atomic E-state index is 5.34. The molecule has 2 rings (SSSR count). The van der Waals surface area contributed by atoms with Gasteiger partial charge in [-0.25, -0.2) is 0 Å². The van der Waals surface area contributed by atoms with Gasteiger partial charge in [-0.3, -0.25) is 5.73 Å². The van der Waals surface area contributed by atoms with Gasteiger partial charge >= 0.3 is 0 Å². The van der Waals surface area contributed by atoms with Crippen molar-refractivity contribution >= 4 is 0 Å². The molecule has 0 saturated carbocycles. The molecular formula is C7H7NO2. The smallest absolute Gasteiger partial charge is 0.300 e. The van der Waals surface area contributed by atoms with Crippen LogP contribution in [-0.2, 0) is 0 Å². The summed E-state index contributed by atoms with van der Waals surface area (Å²) in [5.74, 6) is 1.44. The van der Waals surface area contributed by atoms with Crippen molar-refractivity contribution in [1.29, 1.82) is 0 Å². The Hall–Kier alpha value is -1.22. The minimum absolute atomic E-state index is 0.627. The first-order chi connectivity index (χ1) is 4.86. The van der Waals surface area contributed by atoms with Crippen molar-refractivity contribution in [3.63, 3.8) is 0 Å². The lowest BCUT2D eigenvalue weighted by Gasteiger charge is -1.99. The second-order valence-corrected chi connectivity index (χ2v) is 2.05. The van der Waals surface area contributed by atoms with E-state index in [2.05, 4.69) is 0 Å². The first-order valence-corrected chi connectivity index (χ1v) is 3.04. The SMILES string of the molecule is NC1Oc2ccccc2O1. The van der Waals surface area contributed by atoms with Gasteiger partial charge < -0.3 is 9.47 Å². The fourth-order valence-electron chi connectivity index (χ4n) is 0.919. The van der Waals surface area contributed by atoms with Crippen molar-refractivity contribution in [3.8, 4) is 11.5 Å². The molecule has 0 aliphatic carbocycles. The third kappa shape index (κ3) is 0.717. The number of para-hydroxylation sites is 2. The zero-order valence-electron chi connectivity index (χ0n) is 5.28. The Kier molecular flexibility index (Phi) is 1.05. The average Bonchev–Trinajstić information content (AvgIpc) is 2.27. The van der Waals surface area contributed by atoms with E-state index in [1.807, 2.05) is 24.3 Å². The summed E-state index contributed by atoms with van der Waals surface area (Å²) in [5, 5.41) is 0. The van der Waals surface area contributed by atoms with Gasteiger partial charge in [0.05, 0.1) is 0 Å². The van der Waals surface area contributed by atoms with Crippen LogP contribution in [0, 0.1) is 0 Å². The van der Waals surface area contributed by atoms with Crippen LogP contribution in [0.5, 0.6) is 11.5 Å². The minimum Gasteiger partial charge on any atom is -0.438 e. The molecule has 3 nitrogen and oxygen atoms in total. The fraction of sp³-hybridized carbons (Fsp3) is 0.143. The Bertz CT molecular complexity index is 224. The Morgan fingerprint density at radius 1 is 1.10 bits per heavy atom. The van der Waals surface area contributed by atoms with Crippen molar-refractivity contribution < 1.29 is 9.47 Å². The van der Waals surface area contributed by atoms with Crippen LogP contribution >= 0.6 is 0 Å². The maximum Gasteiger partial charge on any atom is 0.300 e. The summed E-state index contributed by atoms with van der Waals surface area (Å²) in [6.07, 6.45) is -0.627. The molecule has 0 fully saturated rings. The first kappa shape index (κ1) is 5.56. The molecular weight excluding hydrogens is 130 g/mol. The highest BCUT2D eigenvalue weighted by Crippen LogP contribution is 2.32. The number of nitrogens with two attached hydrogens (primary N) is 1. The van der Waals surface area contributed by atoms with Crippen LogP contribution in [0.15, 0.2) is 24.3 Å². The van der Waals surface area contributed by atoms with E-state index in [9.17, 15) is 0 Å². The van der Waals surface area contributed by atoms with Gasteiger partial charge in [-0.15, -0.1) is 0 Å². The fourth-order valence-corrected chi connectivity index (χ4v) is 0.919. The molecule has 1 aliphatic heterocycles. The highest BCUT2D eigenvalue weighted by molar-refractivity contribution is 5.41. The van der Waals surface area contributed by atoms with E-state index < -0.39 is 6.41 Å². The molecule has 3 heteroatoms. The topological polar surface area (TPSA) is 44.5 Å². The van der Waals surface area contributed by atoms with Gasteiger partial charge in [-0.05, 0) is 12.1 Å². The van der Waals surface area contributed by atoms with E-state index in [-0.39, 0.29) is 0 Å². The molecule has 0 spiro atoms. The van der Waals surface area contributed by atoms with Crippen LogP contribution < -0.4 is 15.2 Å². The number of hydrogen-bond acceptors (Lipinski definition) is 3. The summed E-state index contributed by atoms with van der Waals surface area (Å²) < 4.78 is 10.1. The molecule has 0 aromatic heterocycles. The normalized spacial score (nSPS) is 15.7. The summed E-state index contributed by atoms with van der Waals surface area (Å²) >= 11 is 0. The summed E-state index contributed by atoms with van der Waals surface area (Å²) in [7, 11) is 0. The summed E-state index contributed by atoms with van der Waals surface area (Å²) in [5.41, 5.74) is 5.34. The molecule has 10 heavy (non-hydrogen) atoms. The molecule has 52 valence electrons. The monoisotopic (exact) mass is 137 g/mol. The number of hydrogen-bond donors (Lipinski definition) is 1. The molecule has 1 aliphatic rings. The predicted octanol–water partition coefficient (Wildman–Crippen LogP) is 0.700. The van der Waals surface area contributed by atoms with Gasteiger partial charge in [0.25, 0.3) is 6.41 Å². The van der Waals surface area contributed by atoms with Gasteiger partial charge in [-0.2, -0.15) is 0 Å². The third-order valence-corrected chi connectivity index (χ3v) is 1.34. The second kappa shape index (κ2) is 1.88. The first-order valence-electron chi connectivity index (χ1n) is 3.04. The highest BCUT2D eigenvalue weighted by atomic mass is 16.7. The Morgan fingerprint density at radius 2 is 1.60 bits per heavy atom. The number of fused-ring (bicyclic) bond motifs is 1. The standard InChI is InChI=1S/C7H7NO2/c8-7-9-5-3-1-2-4-6(5)10-7/h1-4,7H,8H2. The van der Waals surface area contributed by atoms with Gasteiger partial charge in [0, 0.05) is 0 Å². The number of ether oxygens (including phenoxy) is 2. The quantitative estimate of drug-likeness (QED) is 0.572. The van der Waals surface area contributed by atoms with Crippen molar-refractivity contribution in [3.05, 3.63) is 24.3 Å². The van der Waals surface area contributed by atoms with Crippen LogP contribution in [-0.4, -0.2) is 6.41 Å². The van der Waals surface area contributed by atoms with E-state index in [0.717, 1.165) is 11.5 Å². The van der Waals surface area contributed by atoms with E-state index in [4.69, 9.17) is 15.2 Å². The van der Waals surface area contributed by atoms with Crippen molar-refractivity contribution in [1.82, 2.24) is 0 Å². The Balaban J connectivity index is 2.42. The zero-order valence-corrected chi connectivity index (χ0v) is 5.28. The lowest BCUT2D eigenvalue weighted by molar-refractivity contribution is 0.0562. The van der Waals surface area contributed by atoms with Crippen LogP contribution in [0.25, 0.3) is 0 Å². The lowest BCUT2D eigenvalue weighted by atomic mass is 10.3. The molecule has 1 aromatic rings. The van der Waals surface area contributed by atoms with Gasteiger partial charge in [0.15, 0.2) is 11.5 Å². The summed E-state index contributed by atoms with van der Waals surface area (Å²) in [4.78, 5) is 0. The van der Waals surface area contributed by atoms with Crippen LogP contribution in [0.1, 0.15) is 0 Å². The molecule has 0 amide bonds. The van der Waals surface area contributed by atoms with Gasteiger partial charge in [-0.1, -0.05) is 12.1 Å². The van der Waals surface area contributed by atoms with Gasteiger partial charge in [0.2, 0.25) is 0 Å². The average molecular weight is 137 g/mol. The molecule has 0 radical (unpaired) electrons. The second-order valence-electron chi connectivity index (χ2n) is 2.05. The van der Waals surface area contributed by atoms with E-state index in [0.29, 0.717) is 0 Å². The van der Waals surface area contributed by atoms with E-state index in [1.165, 1.54) is 0 Å². The molecule has 0 bridgehead atoms. The summed E-state index contributed by atoms with van der Waals surface area (Å²) in [6.45, 7) is 0. The predicted molar refractivity (Wildman–Crippen MR) is 35.7 cm³/mol. The lowest BCUT2D eigenvalue weighted by Crippen LogP contribution is -2.28. The molecule has 1 aromatic carbocycles. The third-order valence-electron chi connectivity index (χ3n) is 1.34. The molecule has 2 N–H and O–H groups in total. The van der Waals surface area contributed by atoms with E-state index in [1.54, 1.807) is 0 Å². The van der Waals surface area contributed by atoms with Crippen LogP contribution in [0.4, 0.5) is 0 Å². The largest absolute Gasteiger partial charge is 0.438 e. The van der Waals surface area contributed by atoms with Gasteiger partial charge in [0.1, 0.15) is 0 Å². The molecule has 0 atom stereocenters. The zero-order chi connectivity index (χ0) is 6.97.